The van der Waals surface area contributed by atoms with Crippen molar-refractivity contribution in [1.82, 2.24) is 5.32 Å². The van der Waals surface area contributed by atoms with Gasteiger partial charge in [0, 0.05) is 6.42 Å². The number of amides is 1. The molecule has 0 aliphatic rings. The molecule has 0 bridgehead atoms. The van der Waals surface area contributed by atoms with E-state index >= 15 is 0 Å². The van der Waals surface area contributed by atoms with Crippen LogP contribution in [0.1, 0.15) is 103 Å². The standard InChI is InChI=1S/C20H40N2O3/c1-2-3-4-5-6-7-8-9-10-11-12-13-14-15-19(23)22-18(16-17-21)20(24)25/h18H,2-17,21H2,1H3,(H,22,23)(H,24,25). The molecule has 5 heteroatoms. The lowest BCUT2D eigenvalue weighted by molar-refractivity contribution is -0.142. The van der Waals surface area contributed by atoms with E-state index in [-0.39, 0.29) is 18.9 Å². The highest BCUT2D eigenvalue weighted by molar-refractivity contribution is 5.83. The summed E-state index contributed by atoms with van der Waals surface area (Å²) in [5, 5.41) is 11.5. The van der Waals surface area contributed by atoms with E-state index in [0.717, 1.165) is 19.3 Å². The molecule has 0 radical (unpaired) electrons. The lowest BCUT2D eigenvalue weighted by Gasteiger charge is -2.13. The fourth-order valence-corrected chi connectivity index (χ4v) is 2.99. The first-order valence-corrected chi connectivity index (χ1v) is 10.3. The Balaban J connectivity index is 3.37. The second-order valence-electron chi connectivity index (χ2n) is 7.03. The molecule has 0 aromatic heterocycles. The van der Waals surface area contributed by atoms with Crippen molar-refractivity contribution in [1.29, 1.82) is 0 Å². The van der Waals surface area contributed by atoms with E-state index in [1.54, 1.807) is 0 Å². The molecule has 0 saturated carbocycles. The number of carboxylic acids is 1. The van der Waals surface area contributed by atoms with E-state index in [2.05, 4.69) is 12.2 Å². The summed E-state index contributed by atoms with van der Waals surface area (Å²) in [5.74, 6) is -1.19. The molecule has 0 aliphatic carbocycles. The minimum absolute atomic E-state index is 0.177. The first-order valence-electron chi connectivity index (χ1n) is 10.3. The molecule has 0 aromatic rings. The number of carboxylic acid groups (broad SMARTS) is 1. The van der Waals surface area contributed by atoms with Gasteiger partial charge < -0.3 is 16.2 Å². The highest BCUT2D eigenvalue weighted by Crippen LogP contribution is 2.12. The Kier molecular flexibility index (Phi) is 16.9. The summed E-state index contributed by atoms with van der Waals surface area (Å²) in [6, 6.07) is -0.848. The Hall–Kier alpha value is -1.10. The van der Waals surface area contributed by atoms with Crippen LogP contribution in [0.2, 0.25) is 0 Å². The number of carbonyl (C=O) groups is 2. The van der Waals surface area contributed by atoms with Gasteiger partial charge in [0.1, 0.15) is 6.04 Å². The van der Waals surface area contributed by atoms with E-state index in [0.29, 0.717) is 6.42 Å². The van der Waals surface area contributed by atoms with Gasteiger partial charge in [-0.05, 0) is 19.4 Å². The lowest BCUT2D eigenvalue weighted by atomic mass is 10.0. The molecule has 0 fully saturated rings. The van der Waals surface area contributed by atoms with Crippen molar-refractivity contribution in [3.63, 3.8) is 0 Å². The van der Waals surface area contributed by atoms with Gasteiger partial charge in [-0.25, -0.2) is 4.79 Å². The molecule has 1 amide bonds. The Morgan fingerprint density at radius 1 is 0.840 bits per heavy atom. The zero-order chi connectivity index (χ0) is 18.8. The maximum Gasteiger partial charge on any atom is 0.326 e. The summed E-state index contributed by atoms with van der Waals surface area (Å²) in [7, 11) is 0. The average Bonchev–Trinajstić information content (AvgIpc) is 2.58. The molecule has 0 spiro atoms. The zero-order valence-electron chi connectivity index (χ0n) is 16.2. The van der Waals surface area contributed by atoms with Crippen LogP contribution in [0.4, 0.5) is 0 Å². The predicted molar refractivity (Wildman–Crippen MR) is 104 cm³/mol. The lowest BCUT2D eigenvalue weighted by Crippen LogP contribution is -2.41. The largest absolute Gasteiger partial charge is 0.480 e. The van der Waals surface area contributed by atoms with Crippen LogP contribution in [0.3, 0.4) is 0 Å². The van der Waals surface area contributed by atoms with E-state index in [1.807, 2.05) is 0 Å². The quantitative estimate of drug-likeness (QED) is 0.318. The van der Waals surface area contributed by atoms with Gasteiger partial charge in [-0.3, -0.25) is 4.79 Å². The maximum absolute atomic E-state index is 11.7. The second-order valence-corrected chi connectivity index (χ2v) is 7.03. The average molecular weight is 357 g/mol. The van der Waals surface area contributed by atoms with Gasteiger partial charge in [0.05, 0.1) is 0 Å². The number of rotatable bonds is 18. The third-order valence-electron chi connectivity index (χ3n) is 4.60. The number of hydrogen-bond donors (Lipinski definition) is 3. The monoisotopic (exact) mass is 356 g/mol. The highest BCUT2D eigenvalue weighted by atomic mass is 16.4. The summed E-state index contributed by atoms with van der Waals surface area (Å²) in [6.07, 6.45) is 17.2. The van der Waals surface area contributed by atoms with Crippen LogP contribution in [-0.4, -0.2) is 29.6 Å². The fraction of sp³-hybridized carbons (Fsp3) is 0.900. The molecule has 0 saturated heterocycles. The summed E-state index contributed by atoms with van der Waals surface area (Å²) in [5.41, 5.74) is 5.35. The Bertz CT molecular complexity index is 335. The molecule has 0 aromatic carbocycles. The highest BCUT2D eigenvalue weighted by Gasteiger charge is 2.18. The van der Waals surface area contributed by atoms with Crippen molar-refractivity contribution in [2.24, 2.45) is 5.73 Å². The smallest absolute Gasteiger partial charge is 0.326 e. The second kappa shape index (κ2) is 17.7. The zero-order valence-corrected chi connectivity index (χ0v) is 16.2. The minimum Gasteiger partial charge on any atom is -0.480 e. The molecular weight excluding hydrogens is 316 g/mol. The van der Waals surface area contributed by atoms with Crippen molar-refractivity contribution in [2.45, 2.75) is 109 Å². The number of aliphatic carboxylic acids is 1. The van der Waals surface area contributed by atoms with Gasteiger partial charge in [0.2, 0.25) is 5.91 Å². The molecular formula is C20H40N2O3. The van der Waals surface area contributed by atoms with Crippen LogP contribution in [0.15, 0.2) is 0 Å². The number of nitrogens with two attached hydrogens (primary N) is 1. The van der Waals surface area contributed by atoms with Gasteiger partial charge in [0.15, 0.2) is 0 Å². The minimum atomic E-state index is -1.01. The van der Waals surface area contributed by atoms with Crippen LogP contribution >= 0.6 is 0 Å². The number of unbranched alkanes of at least 4 members (excludes halogenated alkanes) is 12. The number of nitrogens with one attached hydrogen (secondary N) is 1. The van der Waals surface area contributed by atoms with Crippen molar-refractivity contribution >= 4 is 11.9 Å². The van der Waals surface area contributed by atoms with Gasteiger partial charge >= 0.3 is 5.97 Å². The normalized spacial score (nSPS) is 12.1. The first kappa shape index (κ1) is 23.9. The predicted octanol–water partition coefficient (Wildman–Crippen LogP) is 4.39. The van der Waals surface area contributed by atoms with Crippen molar-refractivity contribution in [3.05, 3.63) is 0 Å². The summed E-state index contributed by atoms with van der Waals surface area (Å²) < 4.78 is 0. The first-order chi connectivity index (χ1) is 12.1. The van der Waals surface area contributed by atoms with Crippen LogP contribution < -0.4 is 11.1 Å². The van der Waals surface area contributed by atoms with Gasteiger partial charge in [-0.15, -0.1) is 0 Å². The van der Waals surface area contributed by atoms with E-state index < -0.39 is 12.0 Å². The molecule has 0 aliphatic heterocycles. The molecule has 1 unspecified atom stereocenters. The van der Waals surface area contributed by atoms with Crippen LogP contribution in [0, 0.1) is 0 Å². The fourth-order valence-electron chi connectivity index (χ4n) is 2.99. The van der Waals surface area contributed by atoms with E-state index in [4.69, 9.17) is 10.8 Å². The Labute approximate surface area is 154 Å². The Morgan fingerprint density at radius 2 is 1.28 bits per heavy atom. The van der Waals surface area contributed by atoms with Gasteiger partial charge in [0.25, 0.3) is 0 Å². The van der Waals surface area contributed by atoms with Crippen LogP contribution in [0.25, 0.3) is 0 Å². The molecule has 1 atom stereocenters. The van der Waals surface area contributed by atoms with Crippen molar-refractivity contribution in [2.75, 3.05) is 6.54 Å². The van der Waals surface area contributed by atoms with Crippen molar-refractivity contribution in [3.8, 4) is 0 Å². The third-order valence-corrected chi connectivity index (χ3v) is 4.60. The van der Waals surface area contributed by atoms with Crippen molar-refractivity contribution < 1.29 is 14.7 Å². The third kappa shape index (κ3) is 16.1. The molecule has 4 N–H and O–H groups in total. The topological polar surface area (TPSA) is 92.4 Å². The summed E-state index contributed by atoms with van der Waals surface area (Å²) in [4.78, 5) is 22.7. The summed E-state index contributed by atoms with van der Waals surface area (Å²) in [6.45, 7) is 2.51. The van der Waals surface area contributed by atoms with Crippen LogP contribution in [0.5, 0.6) is 0 Å². The molecule has 0 rings (SSSR count). The Morgan fingerprint density at radius 3 is 1.68 bits per heavy atom. The van der Waals surface area contributed by atoms with Crippen LogP contribution in [-0.2, 0) is 9.59 Å². The molecule has 148 valence electrons. The van der Waals surface area contributed by atoms with Gasteiger partial charge in [-0.1, -0.05) is 84.0 Å². The molecule has 25 heavy (non-hydrogen) atoms. The molecule has 5 nitrogen and oxygen atoms in total. The van der Waals surface area contributed by atoms with Gasteiger partial charge in [-0.2, -0.15) is 0 Å². The maximum atomic E-state index is 11.7. The SMILES string of the molecule is CCCCCCCCCCCCCCCC(=O)NC(CCN)C(=O)O. The van der Waals surface area contributed by atoms with E-state index in [1.165, 1.54) is 64.2 Å². The number of carbonyl (C=O) groups excluding carboxylic acids is 1. The summed E-state index contributed by atoms with van der Waals surface area (Å²) >= 11 is 0. The van der Waals surface area contributed by atoms with E-state index in [9.17, 15) is 9.59 Å². The molecule has 0 heterocycles. The number of hydrogen-bond acceptors (Lipinski definition) is 3.